The Morgan fingerprint density at radius 3 is 3.00 bits per heavy atom. The molecule has 0 atom stereocenters. The lowest BCUT2D eigenvalue weighted by Gasteiger charge is -2.21. The molecule has 2 aromatic rings. The second kappa shape index (κ2) is 5.40. The van der Waals surface area contributed by atoms with E-state index in [1.807, 2.05) is 18.2 Å². The molecule has 21 heavy (non-hydrogen) atoms. The fourth-order valence-electron chi connectivity index (χ4n) is 2.55. The fraction of sp³-hybridized carbons (Fsp3) is 0.267. The minimum absolute atomic E-state index is 0.0902. The highest BCUT2D eigenvalue weighted by molar-refractivity contribution is 5.74. The Balaban J connectivity index is 1.89. The number of carboxylic acids is 1. The third-order valence-corrected chi connectivity index (χ3v) is 3.57. The van der Waals surface area contributed by atoms with Crippen LogP contribution in [-0.2, 0) is 11.2 Å². The summed E-state index contributed by atoms with van der Waals surface area (Å²) < 4.78 is 0. The molecule has 0 radical (unpaired) electrons. The molecule has 0 fully saturated rings. The highest BCUT2D eigenvalue weighted by Crippen LogP contribution is 2.33. The highest BCUT2D eigenvalue weighted by atomic mass is 16.4. The summed E-state index contributed by atoms with van der Waals surface area (Å²) in [4.78, 5) is 23.0. The summed E-state index contributed by atoms with van der Waals surface area (Å²) in [6.45, 7) is 0.783. The van der Waals surface area contributed by atoms with Crippen molar-refractivity contribution in [2.75, 3.05) is 29.9 Å². The van der Waals surface area contributed by atoms with Gasteiger partial charge in [0.1, 0.15) is 24.5 Å². The first-order valence-electron chi connectivity index (χ1n) is 6.75. The number of anilines is 3. The molecule has 0 saturated carbocycles. The van der Waals surface area contributed by atoms with Crippen molar-refractivity contribution in [3.8, 4) is 0 Å². The largest absolute Gasteiger partial charge is 0.480 e. The Kier molecular flexibility index (Phi) is 3.43. The van der Waals surface area contributed by atoms with Gasteiger partial charge >= 0.3 is 5.97 Å². The summed E-state index contributed by atoms with van der Waals surface area (Å²) in [6, 6.07) is 10.1. The van der Waals surface area contributed by atoms with E-state index in [1.54, 1.807) is 11.9 Å². The molecule has 1 aliphatic rings. The van der Waals surface area contributed by atoms with Gasteiger partial charge in [-0.15, -0.1) is 0 Å². The Hall–Kier alpha value is -2.63. The number of carboxylic acid groups (broad SMARTS) is 1. The van der Waals surface area contributed by atoms with Gasteiger partial charge in [-0.3, -0.25) is 4.79 Å². The Labute approximate surface area is 122 Å². The molecule has 0 aliphatic carbocycles. The lowest BCUT2D eigenvalue weighted by Crippen LogP contribution is -2.26. The third-order valence-electron chi connectivity index (χ3n) is 3.57. The maximum absolute atomic E-state index is 10.8. The van der Waals surface area contributed by atoms with Gasteiger partial charge in [0.2, 0.25) is 0 Å². The molecule has 1 aromatic heterocycles. The number of rotatable bonds is 4. The molecule has 0 amide bonds. The Morgan fingerprint density at radius 1 is 1.38 bits per heavy atom. The van der Waals surface area contributed by atoms with Crippen LogP contribution in [0.1, 0.15) is 5.56 Å². The van der Waals surface area contributed by atoms with Crippen molar-refractivity contribution in [2.24, 2.45) is 0 Å². The van der Waals surface area contributed by atoms with Crippen LogP contribution >= 0.6 is 0 Å². The van der Waals surface area contributed by atoms with Crippen molar-refractivity contribution in [1.82, 2.24) is 9.97 Å². The van der Waals surface area contributed by atoms with Crippen molar-refractivity contribution in [1.29, 1.82) is 0 Å². The first-order valence-corrected chi connectivity index (χ1v) is 6.75. The van der Waals surface area contributed by atoms with Crippen LogP contribution in [0.15, 0.2) is 36.7 Å². The SMILES string of the molecule is CN(CC(=O)O)c1cc(N2CCc3ccccc32)ncn1. The van der Waals surface area contributed by atoms with E-state index in [9.17, 15) is 4.79 Å². The molecule has 6 nitrogen and oxygen atoms in total. The highest BCUT2D eigenvalue weighted by Gasteiger charge is 2.21. The summed E-state index contributed by atoms with van der Waals surface area (Å²) in [5.41, 5.74) is 2.46. The predicted octanol–water partition coefficient (Wildman–Crippen LogP) is 1.69. The number of para-hydroxylation sites is 1. The minimum Gasteiger partial charge on any atom is -0.480 e. The minimum atomic E-state index is -0.885. The Bertz CT molecular complexity index is 674. The summed E-state index contributed by atoms with van der Waals surface area (Å²) in [5, 5.41) is 8.86. The quantitative estimate of drug-likeness (QED) is 0.921. The monoisotopic (exact) mass is 284 g/mol. The van der Waals surface area contributed by atoms with Crippen molar-refractivity contribution in [3.05, 3.63) is 42.2 Å². The van der Waals surface area contributed by atoms with Crippen molar-refractivity contribution < 1.29 is 9.90 Å². The van der Waals surface area contributed by atoms with Gasteiger partial charge in [-0.1, -0.05) is 18.2 Å². The number of aliphatic carboxylic acids is 1. The number of nitrogens with zero attached hydrogens (tertiary/aromatic N) is 4. The fourth-order valence-corrected chi connectivity index (χ4v) is 2.55. The van der Waals surface area contributed by atoms with E-state index in [-0.39, 0.29) is 6.54 Å². The summed E-state index contributed by atoms with van der Waals surface area (Å²) in [7, 11) is 1.71. The van der Waals surface area contributed by atoms with E-state index in [0.717, 1.165) is 24.5 Å². The molecule has 0 saturated heterocycles. The molecular formula is C15H16N4O2. The molecule has 1 aromatic carbocycles. The van der Waals surface area contributed by atoms with Crippen LogP contribution in [0.2, 0.25) is 0 Å². The first kappa shape index (κ1) is 13.4. The van der Waals surface area contributed by atoms with E-state index >= 15 is 0 Å². The van der Waals surface area contributed by atoms with Gasteiger partial charge < -0.3 is 14.9 Å². The van der Waals surface area contributed by atoms with E-state index in [4.69, 9.17) is 5.11 Å². The van der Waals surface area contributed by atoms with Gasteiger partial charge in [0.05, 0.1) is 0 Å². The molecule has 0 bridgehead atoms. The standard InChI is InChI=1S/C15H16N4O2/c1-18(9-15(20)21)13-8-14(17-10-16-13)19-7-6-11-4-2-3-5-12(11)19/h2-5,8,10H,6-7,9H2,1H3,(H,20,21). The molecule has 1 N–H and O–H groups in total. The summed E-state index contributed by atoms with van der Waals surface area (Å²) in [5.74, 6) is 0.512. The lowest BCUT2D eigenvalue weighted by atomic mass is 10.2. The molecule has 6 heteroatoms. The Morgan fingerprint density at radius 2 is 2.19 bits per heavy atom. The van der Waals surface area contributed by atoms with Crippen LogP contribution in [0.4, 0.5) is 17.3 Å². The zero-order chi connectivity index (χ0) is 14.8. The average molecular weight is 284 g/mol. The van der Waals surface area contributed by atoms with Gasteiger partial charge in [0.15, 0.2) is 0 Å². The molecular weight excluding hydrogens is 268 g/mol. The number of benzene rings is 1. The lowest BCUT2D eigenvalue weighted by molar-refractivity contribution is -0.135. The maximum atomic E-state index is 10.8. The van der Waals surface area contributed by atoms with Crippen LogP contribution in [0.3, 0.4) is 0 Å². The topological polar surface area (TPSA) is 69.6 Å². The van der Waals surface area contributed by atoms with E-state index in [2.05, 4.69) is 27.0 Å². The summed E-state index contributed by atoms with van der Waals surface area (Å²) in [6.07, 6.45) is 2.46. The van der Waals surface area contributed by atoms with Crippen LogP contribution in [0, 0.1) is 0 Å². The number of carbonyl (C=O) groups is 1. The maximum Gasteiger partial charge on any atom is 0.323 e. The smallest absolute Gasteiger partial charge is 0.323 e. The zero-order valence-corrected chi connectivity index (χ0v) is 11.7. The number of fused-ring (bicyclic) bond motifs is 1. The number of likely N-dealkylation sites (N-methyl/N-ethyl adjacent to an activating group) is 1. The first-order chi connectivity index (χ1) is 10.1. The molecule has 108 valence electrons. The van der Waals surface area contributed by atoms with E-state index < -0.39 is 5.97 Å². The average Bonchev–Trinajstić information content (AvgIpc) is 2.90. The number of aromatic nitrogens is 2. The molecule has 1 aliphatic heterocycles. The number of hydrogen-bond donors (Lipinski definition) is 1. The third kappa shape index (κ3) is 2.65. The second-order valence-electron chi connectivity index (χ2n) is 5.01. The van der Waals surface area contributed by atoms with E-state index in [1.165, 1.54) is 11.9 Å². The van der Waals surface area contributed by atoms with Crippen molar-refractivity contribution in [3.63, 3.8) is 0 Å². The van der Waals surface area contributed by atoms with Crippen LogP contribution in [0.5, 0.6) is 0 Å². The van der Waals surface area contributed by atoms with Crippen molar-refractivity contribution in [2.45, 2.75) is 6.42 Å². The van der Waals surface area contributed by atoms with Gasteiger partial charge in [-0.25, -0.2) is 9.97 Å². The van der Waals surface area contributed by atoms with Crippen LogP contribution in [-0.4, -0.2) is 41.2 Å². The zero-order valence-electron chi connectivity index (χ0n) is 11.7. The van der Waals surface area contributed by atoms with Gasteiger partial charge in [0.25, 0.3) is 0 Å². The second-order valence-corrected chi connectivity index (χ2v) is 5.01. The molecule has 3 rings (SSSR count). The molecule has 0 spiro atoms. The van der Waals surface area contributed by atoms with E-state index in [0.29, 0.717) is 5.82 Å². The normalized spacial score (nSPS) is 13.1. The number of hydrogen-bond acceptors (Lipinski definition) is 5. The van der Waals surface area contributed by atoms with Crippen LogP contribution < -0.4 is 9.80 Å². The van der Waals surface area contributed by atoms with Gasteiger partial charge in [-0.05, 0) is 18.1 Å². The molecule has 2 heterocycles. The predicted molar refractivity (Wildman–Crippen MR) is 80.1 cm³/mol. The van der Waals surface area contributed by atoms with Crippen LogP contribution in [0.25, 0.3) is 0 Å². The molecule has 0 unspecified atom stereocenters. The van der Waals surface area contributed by atoms with Gasteiger partial charge in [0, 0.05) is 25.3 Å². The summed E-state index contributed by atoms with van der Waals surface area (Å²) >= 11 is 0. The van der Waals surface area contributed by atoms with Crippen molar-refractivity contribution >= 4 is 23.3 Å². The van der Waals surface area contributed by atoms with Gasteiger partial charge in [-0.2, -0.15) is 0 Å².